The highest BCUT2D eigenvalue weighted by atomic mass is 16.3. The Morgan fingerprint density at radius 1 is 1.60 bits per heavy atom. The van der Waals surface area contributed by atoms with Gasteiger partial charge in [0.15, 0.2) is 5.78 Å². The second-order valence-electron chi connectivity index (χ2n) is 2.65. The molecule has 1 unspecified atom stereocenters. The van der Waals surface area contributed by atoms with Crippen LogP contribution >= 0.6 is 0 Å². The Labute approximate surface area is 61.2 Å². The van der Waals surface area contributed by atoms with Crippen LogP contribution in [0.3, 0.4) is 0 Å². The van der Waals surface area contributed by atoms with Crippen LogP contribution in [0.25, 0.3) is 0 Å². The molecule has 3 heteroatoms. The summed E-state index contributed by atoms with van der Waals surface area (Å²) in [6, 6.07) is 0. The minimum Gasteiger partial charge on any atom is -0.385 e. The monoisotopic (exact) mass is 145 g/mol. The highest BCUT2D eigenvalue weighted by Crippen LogP contribution is 2.01. The number of rotatable bonds is 4. The molecule has 0 aliphatic heterocycles. The molecule has 0 saturated heterocycles. The molecule has 60 valence electrons. The predicted molar refractivity (Wildman–Crippen MR) is 39.5 cm³/mol. The zero-order valence-electron chi connectivity index (χ0n) is 6.50. The largest absolute Gasteiger partial charge is 0.385 e. The van der Waals surface area contributed by atoms with E-state index in [1.165, 1.54) is 0 Å². The van der Waals surface area contributed by atoms with Gasteiger partial charge in [0, 0.05) is 5.92 Å². The molecule has 0 spiro atoms. The number of aliphatic hydroxyl groups excluding tert-OH is 1. The third-order valence-electron chi connectivity index (χ3n) is 1.34. The van der Waals surface area contributed by atoms with E-state index in [2.05, 4.69) is 0 Å². The van der Waals surface area contributed by atoms with Gasteiger partial charge in [0.1, 0.15) is 6.10 Å². The van der Waals surface area contributed by atoms with Gasteiger partial charge in [-0.2, -0.15) is 0 Å². The lowest BCUT2D eigenvalue weighted by molar-refractivity contribution is -0.130. The highest BCUT2D eigenvalue weighted by Gasteiger charge is 2.16. The Hall–Kier alpha value is -0.410. The molecule has 0 aliphatic rings. The van der Waals surface area contributed by atoms with Gasteiger partial charge in [-0.25, -0.2) is 0 Å². The van der Waals surface area contributed by atoms with Crippen molar-refractivity contribution in [2.45, 2.75) is 26.4 Å². The van der Waals surface area contributed by atoms with E-state index < -0.39 is 6.10 Å². The topological polar surface area (TPSA) is 63.3 Å². The molecule has 3 nitrogen and oxygen atoms in total. The summed E-state index contributed by atoms with van der Waals surface area (Å²) in [7, 11) is 0. The lowest BCUT2D eigenvalue weighted by Gasteiger charge is -2.09. The first kappa shape index (κ1) is 9.59. The molecule has 0 saturated carbocycles. The van der Waals surface area contributed by atoms with Gasteiger partial charge in [-0.3, -0.25) is 4.79 Å². The number of hydrogen-bond acceptors (Lipinski definition) is 3. The lowest BCUT2D eigenvalue weighted by atomic mass is 10.0. The molecule has 0 bridgehead atoms. The van der Waals surface area contributed by atoms with Gasteiger partial charge < -0.3 is 10.8 Å². The fourth-order valence-corrected chi connectivity index (χ4v) is 0.685. The summed E-state index contributed by atoms with van der Waals surface area (Å²) in [6.07, 6.45) is -0.484. The van der Waals surface area contributed by atoms with Crippen LogP contribution < -0.4 is 5.73 Å². The molecule has 0 aromatic carbocycles. The van der Waals surface area contributed by atoms with Crippen molar-refractivity contribution in [3.05, 3.63) is 0 Å². The van der Waals surface area contributed by atoms with Crippen LogP contribution in [-0.2, 0) is 4.79 Å². The molecule has 0 radical (unpaired) electrons. The number of nitrogens with two attached hydrogens (primary N) is 1. The Bertz CT molecular complexity index is 112. The molecule has 0 amide bonds. The summed E-state index contributed by atoms with van der Waals surface area (Å²) in [5.41, 5.74) is 5.16. The Morgan fingerprint density at radius 3 is 2.40 bits per heavy atom. The second-order valence-corrected chi connectivity index (χ2v) is 2.65. The zero-order valence-corrected chi connectivity index (χ0v) is 6.50. The fourth-order valence-electron chi connectivity index (χ4n) is 0.685. The van der Waals surface area contributed by atoms with E-state index in [1.807, 2.05) is 0 Å². The molecule has 3 N–H and O–H groups in total. The van der Waals surface area contributed by atoms with Gasteiger partial charge >= 0.3 is 0 Å². The first-order valence-corrected chi connectivity index (χ1v) is 3.51. The molecular weight excluding hydrogens is 130 g/mol. The van der Waals surface area contributed by atoms with E-state index in [1.54, 1.807) is 13.8 Å². The maximum atomic E-state index is 10.9. The van der Waals surface area contributed by atoms with Crippen LogP contribution in [0, 0.1) is 5.92 Å². The SMILES string of the molecule is CC(C)C(=O)C(O)CCN. The zero-order chi connectivity index (χ0) is 8.15. The second kappa shape index (κ2) is 4.41. The van der Waals surface area contributed by atoms with Crippen molar-refractivity contribution in [1.29, 1.82) is 0 Å². The molecular formula is C7H15NO2. The molecule has 0 aliphatic carbocycles. The van der Waals surface area contributed by atoms with Gasteiger partial charge in [-0.05, 0) is 13.0 Å². The van der Waals surface area contributed by atoms with Gasteiger partial charge in [0.25, 0.3) is 0 Å². The van der Waals surface area contributed by atoms with E-state index in [-0.39, 0.29) is 11.7 Å². The van der Waals surface area contributed by atoms with Crippen LogP contribution in [0.5, 0.6) is 0 Å². The first-order chi connectivity index (χ1) is 4.59. The van der Waals surface area contributed by atoms with Crippen LogP contribution in [0.2, 0.25) is 0 Å². The maximum Gasteiger partial charge on any atom is 0.163 e. The Kier molecular flexibility index (Phi) is 4.23. The average molecular weight is 145 g/mol. The fraction of sp³-hybridized carbons (Fsp3) is 0.857. The molecule has 0 aromatic heterocycles. The number of carbonyl (C=O) groups is 1. The molecule has 10 heavy (non-hydrogen) atoms. The van der Waals surface area contributed by atoms with Gasteiger partial charge in [0.2, 0.25) is 0 Å². The van der Waals surface area contributed by atoms with Crippen LogP contribution in [-0.4, -0.2) is 23.5 Å². The van der Waals surface area contributed by atoms with Crippen molar-refractivity contribution in [3.63, 3.8) is 0 Å². The van der Waals surface area contributed by atoms with Crippen molar-refractivity contribution >= 4 is 5.78 Å². The summed E-state index contributed by atoms with van der Waals surface area (Å²) in [5.74, 6) is -0.216. The number of ketones is 1. The summed E-state index contributed by atoms with van der Waals surface area (Å²) in [4.78, 5) is 10.9. The number of aliphatic hydroxyl groups is 1. The average Bonchev–Trinajstić information content (AvgIpc) is 1.87. The van der Waals surface area contributed by atoms with E-state index in [9.17, 15) is 4.79 Å². The van der Waals surface area contributed by atoms with Gasteiger partial charge in [0.05, 0.1) is 0 Å². The van der Waals surface area contributed by atoms with Crippen LogP contribution in [0.15, 0.2) is 0 Å². The normalized spacial score (nSPS) is 13.7. The third kappa shape index (κ3) is 2.94. The van der Waals surface area contributed by atoms with Crippen molar-refractivity contribution in [2.75, 3.05) is 6.54 Å². The Morgan fingerprint density at radius 2 is 2.10 bits per heavy atom. The minimum absolute atomic E-state index is 0.0958. The molecule has 0 aromatic rings. The molecule has 0 heterocycles. The van der Waals surface area contributed by atoms with E-state index in [0.717, 1.165) is 0 Å². The molecule has 0 rings (SSSR count). The van der Waals surface area contributed by atoms with Crippen LogP contribution in [0.1, 0.15) is 20.3 Å². The maximum absolute atomic E-state index is 10.9. The van der Waals surface area contributed by atoms with Gasteiger partial charge in [-0.1, -0.05) is 13.8 Å². The standard InChI is InChI=1S/C7H15NO2/c1-5(2)7(10)6(9)3-4-8/h5-6,9H,3-4,8H2,1-2H3. The molecule has 1 atom stereocenters. The summed E-state index contributed by atoms with van der Waals surface area (Å²) < 4.78 is 0. The third-order valence-corrected chi connectivity index (χ3v) is 1.34. The van der Waals surface area contributed by atoms with Crippen LogP contribution in [0.4, 0.5) is 0 Å². The van der Waals surface area contributed by atoms with Crippen molar-refractivity contribution in [1.82, 2.24) is 0 Å². The quantitative estimate of drug-likeness (QED) is 0.581. The smallest absolute Gasteiger partial charge is 0.163 e. The number of Topliss-reactive ketones (excluding diaryl/α,β-unsaturated/α-hetero) is 1. The minimum atomic E-state index is -0.856. The summed E-state index contributed by atoms with van der Waals surface area (Å²) in [6.45, 7) is 3.89. The number of carbonyl (C=O) groups excluding carboxylic acids is 1. The predicted octanol–water partition coefficient (Wildman–Crippen LogP) is -0.0788. The number of hydrogen-bond donors (Lipinski definition) is 2. The van der Waals surface area contributed by atoms with Crippen molar-refractivity contribution in [2.24, 2.45) is 11.7 Å². The van der Waals surface area contributed by atoms with E-state index in [0.29, 0.717) is 13.0 Å². The van der Waals surface area contributed by atoms with E-state index in [4.69, 9.17) is 10.8 Å². The molecule has 0 fully saturated rings. The summed E-state index contributed by atoms with van der Waals surface area (Å²) in [5, 5.41) is 9.06. The van der Waals surface area contributed by atoms with E-state index >= 15 is 0 Å². The first-order valence-electron chi connectivity index (χ1n) is 3.51. The van der Waals surface area contributed by atoms with Crippen molar-refractivity contribution in [3.8, 4) is 0 Å². The van der Waals surface area contributed by atoms with Gasteiger partial charge in [-0.15, -0.1) is 0 Å². The highest BCUT2D eigenvalue weighted by molar-refractivity contribution is 5.84. The summed E-state index contributed by atoms with van der Waals surface area (Å²) >= 11 is 0. The van der Waals surface area contributed by atoms with Crippen molar-refractivity contribution < 1.29 is 9.90 Å². The lowest BCUT2D eigenvalue weighted by Crippen LogP contribution is -2.27. The Balaban J connectivity index is 3.71.